The molecule has 1 aliphatic rings. The first-order chi connectivity index (χ1) is 16.8. The third-order valence-corrected chi connectivity index (χ3v) is 7.59. The fourth-order valence-electron chi connectivity index (χ4n) is 4.01. The van der Waals surface area contributed by atoms with Crippen LogP contribution < -0.4 is 5.32 Å². The second-order valence-corrected chi connectivity index (χ2v) is 9.79. The number of carbonyl (C=O) groups excluding carboxylic acids is 2. The molecule has 1 atom stereocenters. The maximum Gasteiger partial charge on any atom is 0.308 e. The number of sulfonamides is 1. The molecular weight excluding hydrogens is 478 g/mol. The molecular formula is C25H22F2N2O5S. The van der Waals surface area contributed by atoms with Gasteiger partial charge in [-0.05, 0) is 41.8 Å². The Kier molecular flexibility index (Phi) is 7.23. The van der Waals surface area contributed by atoms with Gasteiger partial charge in [0, 0.05) is 6.54 Å². The highest BCUT2D eigenvalue weighted by Gasteiger charge is 2.37. The van der Waals surface area contributed by atoms with Crippen molar-refractivity contribution < 1.29 is 31.5 Å². The van der Waals surface area contributed by atoms with Crippen molar-refractivity contribution in [3.05, 3.63) is 95.6 Å². The van der Waals surface area contributed by atoms with Crippen LogP contribution in [0.4, 0.5) is 14.5 Å². The summed E-state index contributed by atoms with van der Waals surface area (Å²) in [5.74, 6) is -3.69. The van der Waals surface area contributed by atoms with Crippen LogP contribution >= 0.6 is 0 Å². The van der Waals surface area contributed by atoms with Crippen molar-refractivity contribution in [2.75, 3.05) is 18.5 Å². The number of para-hydroxylation sites is 1. The fraction of sp³-hybridized carbons (Fsp3) is 0.200. The second kappa shape index (κ2) is 10.3. The Bertz CT molecular complexity index is 1330. The minimum atomic E-state index is -3.92. The van der Waals surface area contributed by atoms with Crippen LogP contribution in [0, 0.1) is 11.6 Å². The summed E-state index contributed by atoms with van der Waals surface area (Å²) >= 11 is 0. The number of rotatable bonds is 7. The molecule has 1 heterocycles. The number of esters is 1. The monoisotopic (exact) mass is 500 g/mol. The zero-order chi connectivity index (χ0) is 25.0. The van der Waals surface area contributed by atoms with Crippen molar-refractivity contribution in [1.29, 1.82) is 0 Å². The average Bonchev–Trinajstić information content (AvgIpc) is 2.85. The zero-order valence-electron chi connectivity index (χ0n) is 18.5. The highest BCUT2D eigenvalue weighted by atomic mass is 32.2. The first kappa shape index (κ1) is 24.5. The number of benzene rings is 3. The number of nitrogens with one attached hydrogen (secondary N) is 1. The lowest BCUT2D eigenvalue weighted by molar-refractivity contribution is -0.148. The second-order valence-electron chi connectivity index (χ2n) is 7.90. The summed E-state index contributed by atoms with van der Waals surface area (Å²) in [5.41, 5.74) is 0.945. The lowest BCUT2D eigenvalue weighted by Gasteiger charge is -2.36. The van der Waals surface area contributed by atoms with Gasteiger partial charge in [0.2, 0.25) is 10.0 Å². The van der Waals surface area contributed by atoms with E-state index in [2.05, 4.69) is 0 Å². The van der Waals surface area contributed by atoms with E-state index in [0.29, 0.717) is 12.0 Å². The predicted octanol–water partition coefficient (Wildman–Crippen LogP) is 3.82. The van der Waals surface area contributed by atoms with Gasteiger partial charge in [-0.3, -0.25) is 9.59 Å². The summed E-state index contributed by atoms with van der Waals surface area (Å²) in [4.78, 5) is 24.8. The molecule has 0 radical (unpaired) electrons. The van der Waals surface area contributed by atoms with Gasteiger partial charge in [-0.1, -0.05) is 48.5 Å². The van der Waals surface area contributed by atoms with Crippen molar-refractivity contribution in [2.24, 2.45) is 0 Å². The maximum absolute atomic E-state index is 13.7. The van der Waals surface area contributed by atoms with Crippen LogP contribution in [0.2, 0.25) is 0 Å². The Morgan fingerprint density at radius 1 is 0.943 bits per heavy atom. The molecule has 1 N–H and O–H groups in total. The van der Waals surface area contributed by atoms with Gasteiger partial charge in [0.15, 0.2) is 6.61 Å². The molecule has 0 fully saturated rings. The van der Waals surface area contributed by atoms with Crippen LogP contribution in [0.5, 0.6) is 0 Å². The Hall–Kier alpha value is -3.63. The summed E-state index contributed by atoms with van der Waals surface area (Å²) in [6.45, 7) is -0.619. The van der Waals surface area contributed by atoms with Crippen LogP contribution in [0.3, 0.4) is 0 Å². The molecule has 1 unspecified atom stereocenters. The van der Waals surface area contributed by atoms with Crippen molar-refractivity contribution in [3.63, 3.8) is 0 Å². The summed E-state index contributed by atoms with van der Waals surface area (Å²) in [7, 11) is -3.92. The van der Waals surface area contributed by atoms with Crippen LogP contribution in [0.15, 0.2) is 77.7 Å². The maximum atomic E-state index is 13.7. The number of hydrogen-bond acceptors (Lipinski definition) is 5. The largest absolute Gasteiger partial charge is 0.456 e. The molecule has 0 aromatic heterocycles. The lowest BCUT2D eigenvalue weighted by Crippen LogP contribution is -2.41. The number of halogens is 2. The first-order valence-electron chi connectivity index (χ1n) is 10.8. The highest BCUT2D eigenvalue weighted by molar-refractivity contribution is 7.89. The number of anilines is 1. The van der Waals surface area contributed by atoms with E-state index in [9.17, 15) is 26.8 Å². The quantitative estimate of drug-likeness (QED) is 0.498. The Labute approximate surface area is 201 Å². The third-order valence-electron chi connectivity index (χ3n) is 5.66. The van der Waals surface area contributed by atoms with Gasteiger partial charge in [0.1, 0.15) is 17.3 Å². The van der Waals surface area contributed by atoms with E-state index in [1.54, 1.807) is 30.3 Å². The van der Waals surface area contributed by atoms with Crippen molar-refractivity contribution in [2.45, 2.75) is 23.8 Å². The van der Waals surface area contributed by atoms with Crippen LogP contribution in [-0.4, -0.2) is 37.8 Å². The molecule has 10 heteroatoms. The number of nitrogens with zero attached hydrogens (tertiary/aromatic N) is 1. The Morgan fingerprint density at radius 2 is 1.60 bits per heavy atom. The van der Waals surface area contributed by atoms with Crippen LogP contribution in [-0.2, 0) is 30.8 Å². The number of carbonyl (C=O) groups is 2. The number of ether oxygens (including phenoxy) is 1. The minimum absolute atomic E-state index is 0.101. The minimum Gasteiger partial charge on any atom is -0.456 e. The van der Waals surface area contributed by atoms with Crippen molar-refractivity contribution in [1.82, 2.24) is 4.31 Å². The normalized spacial score (nSPS) is 15.8. The van der Waals surface area contributed by atoms with Gasteiger partial charge < -0.3 is 10.1 Å². The molecule has 0 aliphatic carbocycles. The smallest absolute Gasteiger partial charge is 0.308 e. The van der Waals surface area contributed by atoms with E-state index < -0.39 is 51.9 Å². The van der Waals surface area contributed by atoms with E-state index >= 15 is 0 Å². The topological polar surface area (TPSA) is 92.8 Å². The van der Waals surface area contributed by atoms with E-state index in [-0.39, 0.29) is 17.9 Å². The van der Waals surface area contributed by atoms with Crippen LogP contribution in [0.25, 0.3) is 0 Å². The van der Waals surface area contributed by atoms with E-state index in [4.69, 9.17) is 4.74 Å². The first-order valence-corrected chi connectivity index (χ1v) is 12.3. The zero-order valence-corrected chi connectivity index (χ0v) is 19.3. The number of amides is 1. The van der Waals surface area contributed by atoms with Crippen molar-refractivity contribution in [3.8, 4) is 0 Å². The molecule has 0 saturated carbocycles. The summed E-state index contributed by atoms with van der Waals surface area (Å²) in [6.07, 6.45) is 0.134. The van der Waals surface area contributed by atoms with E-state index in [1.165, 1.54) is 16.4 Å². The summed E-state index contributed by atoms with van der Waals surface area (Å²) in [6, 6.07) is 17.4. The fourth-order valence-corrected chi connectivity index (χ4v) is 5.64. The molecule has 0 saturated heterocycles. The Morgan fingerprint density at radius 3 is 2.31 bits per heavy atom. The molecule has 7 nitrogen and oxygen atoms in total. The Balaban J connectivity index is 1.50. The van der Waals surface area contributed by atoms with Crippen molar-refractivity contribution >= 4 is 27.6 Å². The molecule has 3 aromatic rings. The molecule has 35 heavy (non-hydrogen) atoms. The van der Waals surface area contributed by atoms with E-state index in [1.807, 2.05) is 17.4 Å². The third kappa shape index (κ3) is 5.39. The number of fused-ring (bicyclic) bond motifs is 1. The van der Waals surface area contributed by atoms with Gasteiger partial charge in [-0.15, -0.1) is 0 Å². The van der Waals surface area contributed by atoms with Gasteiger partial charge in [-0.25, -0.2) is 17.2 Å². The lowest BCUT2D eigenvalue weighted by atomic mass is 9.92. The van der Waals surface area contributed by atoms with Gasteiger partial charge in [0.05, 0.1) is 17.4 Å². The highest BCUT2D eigenvalue weighted by Crippen LogP contribution is 2.36. The van der Waals surface area contributed by atoms with Gasteiger partial charge in [0.25, 0.3) is 5.91 Å². The summed E-state index contributed by atoms with van der Waals surface area (Å²) in [5, 5.41) is 2.04. The molecule has 1 amide bonds. The van der Waals surface area contributed by atoms with Gasteiger partial charge in [-0.2, -0.15) is 4.31 Å². The average molecular weight is 501 g/mol. The van der Waals surface area contributed by atoms with Crippen LogP contribution in [0.1, 0.15) is 23.6 Å². The van der Waals surface area contributed by atoms with E-state index in [0.717, 1.165) is 23.8 Å². The molecule has 3 aromatic carbocycles. The predicted molar refractivity (Wildman–Crippen MR) is 124 cm³/mol. The molecule has 0 bridgehead atoms. The molecule has 1 aliphatic heterocycles. The SMILES string of the molecule is O=C(COC(=O)CC1c2ccccc2CCN1S(=O)(=O)c1ccccc1)Nc1c(F)cccc1F. The van der Waals surface area contributed by atoms with Gasteiger partial charge >= 0.3 is 5.97 Å². The summed E-state index contributed by atoms with van der Waals surface area (Å²) < 4.78 is 60.5. The molecule has 182 valence electrons. The standard InChI is InChI=1S/C25H22F2N2O5S/c26-20-11-6-12-21(27)25(20)28-23(30)16-34-24(31)15-22-19-10-5-4-7-17(19)13-14-29(22)35(32,33)18-8-2-1-3-9-18/h1-12,22H,13-16H2,(H,28,30). The molecule has 0 spiro atoms. The molecule has 4 rings (SSSR count). The number of hydrogen-bond donors (Lipinski definition) is 1.